The van der Waals surface area contributed by atoms with E-state index in [0.29, 0.717) is 19.5 Å². The summed E-state index contributed by atoms with van der Waals surface area (Å²) >= 11 is 0. The van der Waals surface area contributed by atoms with Gasteiger partial charge in [-0.3, -0.25) is 4.90 Å². The summed E-state index contributed by atoms with van der Waals surface area (Å²) in [4.78, 5) is 1.95. The van der Waals surface area contributed by atoms with Gasteiger partial charge in [0.05, 0.1) is 18.8 Å². The first kappa shape index (κ1) is 10.9. The van der Waals surface area contributed by atoms with Gasteiger partial charge in [0.1, 0.15) is 0 Å². The van der Waals surface area contributed by atoms with E-state index in [-0.39, 0.29) is 18.2 Å². The van der Waals surface area contributed by atoms with Crippen molar-refractivity contribution in [1.29, 1.82) is 0 Å². The average molecular weight is 189 g/mol. The Morgan fingerprint density at radius 1 is 1.62 bits per heavy atom. The van der Waals surface area contributed by atoms with Gasteiger partial charge in [-0.2, -0.15) is 0 Å². The molecule has 0 saturated carbocycles. The molecule has 1 saturated heterocycles. The Bertz CT molecular complexity index is 174. The lowest BCUT2D eigenvalue weighted by Gasteiger charge is -2.33. The molecule has 1 aliphatic rings. The fourth-order valence-corrected chi connectivity index (χ4v) is 1.95. The predicted molar refractivity (Wildman–Crippen MR) is 49.4 cm³/mol. The second-order valence-corrected chi connectivity index (χ2v) is 4.27. The van der Waals surface area contributed by atoms with E-state index in [2.05, 4.69) is 0 Å². The summed E-state index contributed by atoms with van der Waals surface area (Å²) in [6, 6.07) is 0. The van der Waals surface area contributed by atoms with Crippen LogP contribution in [0.3, 0.4) is 0 Å². The molecule has 0 spiro atoms. The molecule has 2 unspecified atom stereocenters. The first-order chi connectivity index (χ1) is 5.98. The number of aliphatic hydroxyl groups excluding tert-OH is 3. The fraction of sp³-hybridized carbons (Fsp3) is 1.00. The molecule has 3 atom stereocenters. The summed E-state index contributed by atoms with van der Waals surface area (Å²) in [5.41, 5.74) is -0.365. The SMILES string of the molecule is C[C@@H](O)CN1CC(O)CC1(C)CO. The van der Waals surface area contributed by atoms with E-state index < -0.39 is 6.10 Å². The smallest absolute Gasteiger partial charge is 0.0685 e. The standard InChI is InChI=1S/C9H19NO3/c1-7(12)4-10-5-8(13)3-9(10,2)6-11/h7-8,11-13H,3-6H2,1-2H3/t7-,8?,9?/m1/s1. The summed E-state index contributed by atoms with van der Waals surface area (Å²) in [6.45, 7) is 4.70. The third-order valence-corrected chi connectivity index (χ3v) is 2.70. The second-order valence-electron chi connectivity index (χ2n) is 4.27. The first-order valence-corrected chi connectivity index (χ1v) is 4.70. The van der Waals surface area contributed by atoms with Crippen molar-refractivity contribution in [2.45, 2.75) is 38.0 Å². The van der Waals surface area contributed by atoms with Gasteiger partial charge in [0.15, 0.2) is 0 Å². The molecule has 78 valence electrons. The Labute approximate surface area is 78.8 Å². The number of likely N-dealkylation sites (tertiary alicyclic amines) is 1. The van der Waals surface area contributed by atoms with Crippen LogP contribution in [-0.4, -0.2) is 57.7 Å². The maximum absolute atomic E-state index is 9.44. The fourth-order valence-electron chi connectivity index (χ4n) is 1.95. The third kappa shape index (κ3) is 2.40. The van der Waals surface area contributed by atoms with E-state index >= 15 is 0 Å². The van der Waals surface area contributed by atoms with Gasteiger partial charge in [-0.1, -0.05) is 0 Å². The van der Waals surface area contributed by atoms with Crippen LogP contribution < -0.4 is 0 Å². The van der Waals surface area contributed by atoms with Gasteiger partial charge < -0.3 is 15.3 Å². The molecule has 0 aromatic carbocycles. The molecule has 0 aromatic rings. The van der Waals surface area contributed by atoms with Gasteiger partial charge in [-0.05, 0) is 20.3 Å². The minimum absolute atomic E-state index is 0.0246. The van der Waals surface area contributed by atoms with Crippen LogP contribution >= 0.6 is 0 Å². The Morgan fingerprint density at radius 3 is 2.69 bits per heavy atom. The van der Waals surface area contributed by atoms with E-state index in [4.69, 9.17) is 0 Å². The Hall–Kier alpha value is -0.160. The van der Waals surface area contributed by atoms with Crippen LogP contribution in [0.25, 0.3) is 0 Å². The third-order valence-electron chi connectivity index (χ3n) is 2.70. The van der Waals surface area contributed by atoms with Gasteiger partial charge in [0.25, 0.3) is 0 Å². The molecule has 4 heteroatoms. The van der Waals surface area contributed by atoms with Crippen LogP contribution in [0.2, 0.25) is 0 Å². The lowest BCUT2D eigenvalue weighted by molar-refractivity contribution is 0.0419. The highest BCUT2D eigenvalue weighted by Gasteiger charge is 2.40. The molecule has 0 radical (unpaired) electrons. The van der Waals surface area contributed by atoms with Crippen molar-refractivity contribution in [3.63, 3.8) is 0 Å². The van der Waals surface area contributed by atoms with Crippen molar-refractivity contribution in [2.24, 2.45) is 0 Å². The zero-order valence-electron chi connectivity index (χ0n) is 8.27. The van der Waals surface area contributed by atoms with Gasteiger partial charge in [0.2, 0.25) is 0 Å². The first-order valence-electron chi connectivity index (χ1n) is 4.70. The van der Waals surface area contributed by atoms with Crippen molar-refractivity contribution in [3.05, 3.63) is 0 Å². The summed E-state index contributed by atoms with van der Waals surface area (Å²) in [6.07, 6.45) is -0.219. The van der Waals surface area contributed by atoms with Crippen molar-refractivity contribution in [3.8, 4) is 0 Å². The molecule has 0 amide bonds. The number of hydrogen-bond acceptors (Lipinski definition) is 4. The Morgan fingerprint density at radius 2 is 2.23 bits per heavy atom. The summed E-state index contributed by atoms with van der Waals surface area (Å²) in [7, 11) is 0. The van der Waals surface area contributed by atoms with Gasteiger partial charge in [-0.25, -0.2) is 0 Å². The zero-order chi connectivity index (χ0) is 10.1. The van der Waals surface area contributed by atoms with Crippen molar-refractivity contribution in [1.82, 2.24) is 4.90 Å². The Kier molecular flexibility index (Phi) is 3.29. The molecule has 0 aromatic heterocycles. The van der Waals surface area contributed by atoms with E-state index in [1.165, 1.54) is 0 Å². The molecular weight excluding hydrogens is 170 g/mol. The molecule has 0 bridgehead atoms. The van der Waals surface area contributed by atoms with Crippen LogP contribution in [0.4, 0.5) is 0 Å². The van der Waals surface area contributed by atoms with E-state index in [1.807, 2.05) is 11.8 Å². The maximum Gasteiger partial charge on any atom is 0.0685 e. The van der Waals surface area contributed by atoms with Gasteiger partial charge in [0, 0.05) is 18.6 Å². The number of rotatable bonds is 3. The highest BCUT2D eigenvalue weighted by atomic mass is 16.3. The molecular formula is C9H19NO3. The van der Waals surface area contributed by atoms with Crippen LogP contribution in [0, 0.1) is 0 Å². The molecule has 0 aliphatic carbocycles. The second kappa shape index (κ2) is 3.92. The van der Waals surface area contributed by atoms with Crippen LogP contribution in [0.5, 0.6) is 0 Å². The van der Waals surface area contributed by atoms with Crippen LogP contribution in [-0.2, 0) is 0 Å². The highest BCUT2D eigenvalue weighted by Crippen LogP contribution is 2.28. The topological polar surface area (TPSA) is 63.9 Å². The van der Waals surface area contributed by atoms with Crippen molar-refractivity contribution in [2.75, 3.05) is 19.7 Å². The molecule has 1 fully saturated rings. The predicted octanol–water partition coefficient (Wildman–Crippen LogP) is -0.815. The summed E-state index contributed by atoms with van der Waals surface area (Å²) in [5, 5.41) is 27.9. The number of aliphatic hydroxyl groups is 3. The highest BCUT2D eigenvalue weighted by molar-refractivity contribution is 4.96. The molecule has 1 aliphatic heterocycles. The minimum atomic E-state index is -0.420. The van der Waals surface area contributed by atoms with E-state index in [1.54, 1.807) is 6.92 Å². The van der Waals surface area contributed by atoms with E-state index in [9.17, 15) is 15.3 Å². The Balaban J connectivity index is 2.61. The van der Waals surface area contributed by atoms with Gasteiger partial charge in [-0.15, -0.1) is 0 Å². The van der Waals surface area contributed by atoms with Crippen LogP contribution in [0.15, 0.2) is 0 Å². The largest absolute Gasteiger partial charge is 0.394 e. The minimum Gasteiger partial charge on any atom is -0.394 e. The van der Waals surface area contributed by atoms with Crippen LogP contribution in [0.1, 0.15) is 20.3 Å². The lowest BCUT2D eigenvalue weighted by atomic mass is 9.99. The summed E-state index contributed by atoms with van der Waals surface area (Å²) < 4.78 is 0. The molecule has 1 rings (SSSR count). The molecule has 3 N–H and O–H groups in total. The lowest BCUT2D eigenvalue weighted by Crippen LogP contribution is -2.47. The average Bonchev–Trinajstić information content (AvgIpc) is 2.27. The molecule has 13 heavy (non-hydrogen) atoms. The quantitative estimate of drug-likeness (QED) is 0.543. The maximum atomic E-state index is 9.44. The molecule has 1 heterocycles. The number of hydrogen-bond donors (Lipinski definition) is 3. The normalized spacial score (nSPS) is 38.1. The zero-order valence-corrected chi connectivity index (χ0v) is 8.27. The summed E-state index contributed by atoms with van der Waals surface area (Å²) in [5.74, 6) is 0. The monoisotopic (exact) mass is 189 g/mol. The van der Waals surface area contributed by atoms with E-state index in [0.717, 1.165) is 0 Å². The van der Waals surface area contributed by atoms with Crippen molar-refractivity contribution >= 4 is 0 Å². The number of β-amino-alcohol motifs (C(OH)–C–C–N with tert-alkyl or cyclic N) is 2. The van der Waals surface area contributed by atoms with Crippen molar-refractivity contribution < 1.29 is 15.3 Å². The van der Waals surface area contributed by atoms with Gasteiger partial charge >= 0.3 is 0 Å². The number of nitrogens with zero attached hydrogens (tertiary/aromatic N) is 1. The molecule has 4 nitrogen and oxygen atoms in total.